The summed E-state index contributed by atoms with van der Waals surface area (Å²) in [6.45, 7) is 2.87. The van der Waals surface area contributed by atoms with Gasteiger partial charge in [-0.05, 0) is 31.0 Å². The van der Waals surface area contributed by atoms with Crippen molar-refractivity contribution in [2.75, 3.05) is 6.54 Å². The Morgan fingerprint density at radius 2 is 1.62 bits per heavy atom. The number of benzene rings is 2. The van der Waals surface area contributed by atoms with Crippen LogP contribution in [0.4, 0.5) is 0 Å². The Kier molecular flexibility index (Phi) is 6.20. The fraction of sp³-hybridized carbons (Fsp3) is 0.263. The van der Waals surface area contributed by atoms with Crippen molar-refractivity contribution in [3.05, 3.63) is 77.9 Å². The standard InChI is InChI=1S/C19H23NO/c1-16(19(21)18-13-6-3-7-14-18)20-15-9-8-12-17-10-4-2-5-11-17/h2-8,10-14,16,19-21H,9,15H2,1H3. The number of aliphatic hydroxyl groups is 1. The van der Waals surface area contributed by atoms with Crippen LogP contribution in [0.5, 0.6) is 0 Å². The van der Waals surface area contributed by atoms with Crippen LogP contribution < -0.4 is 5.32 Å². The van der Waals surface area contributed by atoms with Crippen LogP contribution in [0, 0.1) is 0 Å². The molecule has 0 radical (unpaired) electrons. The van der Waals surface area contributed by atoms with Crippen molar-refractivity contribution in [2.24, 2.45) is 0 Å². The van der Waals surface area contributed by atoms with E-state index in [4.69, 9.17) is 0 Å². The van der Waals surface area contributed by atoms with Gasteiger partial charge in [0, 0.05) is 6.04 Å². The van der Waals surface area contributed by atoms with Gasteiger partial charge in [-0.15, -0.1) is 0 Å². The third kappa shape index (κ3) is 5.18. The van der Waals surface area contributed by atoms with Crippen LogP contribution in [0.3, 0.4) is 0 Å². The molecule has 0 amide bonds. The van der Waals surface area contributed by atoms with Gasteiger partial charge in [-0.1, -0.05) is 72.8 Å². The Morgan fingerprint density at radius 3 is 2.29 bits per heavy atom. The predicted octanol–water partition coefficient (Wildman–Crippen LogP) is 3.80. The summed E-state index contributed by atoms with van der Waals surface area (Å²) in [6, 6.07) is 20.1. The van der Waals surface area contributed by atoms with Gasteiger partial charge in [-0.3, -0.25) is 0 Å². The van der Waals surface area contributed by atoms with Gasteiger partial charge in [-0.25, -0.2) is 0 Å². The van der Waals surface area contributed by atoms with E-state index in [1.54, 1.807) is 0 Å². The summed E-state index contributed by atoms with van der Waals surface area (Å²) in [7, 11) is 0. The molecule has 0 aromatic heterocycles. The first-order valence-electron chi connectivity index (χ1n) is 7.45. The zero-order valence-corrected chi connectivity index (χ0v) is 12.4. The normalized spacial score (nSPS) is 14.2. The number of rotatable bonds is 7. The molecule has 2 aromatic carbocycles. The molecular weight excluding hydrogens is 258 g/mol. The summed E-state index contributed by atoms with van der Waals surface area (Å²) in [5, 5.41) is 13.6. The van der Waals surface area contributed by atoms with E-state index in [2.05, 4.69) is 29.6 Å². The molecule has 21 heavy (non-hydrogen) atoms. The molecular formula is C19H23NO. The lowest BCUT2D eigenvalue weighted by molar-refractivity contribution is 0.136. The summed E-state index contributed by atoms with van der Waals surface area (Å²) in [6.07, 6.45) is 4.76. The van der Waals surface area contributed by atoms with Crippen LogP contribution in [0.25, 0.3) is 6.08 Å². The van der Waals surface area contributed by atoms with Crippen LogP contribution in [0.15, 0.2) is 66.7 Å². The van der Waals surface area contributed by atoms with Crippen LogP contribution in [-0.2, 0) is 0 Å². The molecule has 2 heteroatoms. The summed E-state index contributed by atoms with van der Waals surface area (Å²) < 4.78 is 0. The highest BCUT2D eigenvalue weighted by molar-refractivity contribution is 5.48. The minimum absolute atomic E-state index is 0.0394. The minimum Gasteiger partial charge on any atom is -0.387 e. The van der Waals surface area contributed by atoms with Crippen LogP contribution in [0.1, 0.15) is 30.6 Å². The molecule has 0 aliphatic carbocycles. The largest absolute Gasteiger partial charge is 0.387 e. The third-order valence-electron chi connectivity index (χ3n) is 3.50. The van der Waals surface area contributed by atoms with E-state index in [1.165, 1.54) is 5.56 Å². The molecule has 2 rings (SSSR count). The monoisotopic (exact) mass is 281 g/mol. The summed E-state index contributed by atoms with van der Waals surface area (Å²) in [4.78, 5) is 0. The number of aliphatic hydroxyl groups excluding tert-OH is 1. The Labute approximate surface area is 127 Å². The van der Waals surface area contributed by atoms with Crippen molar-refractivity contribution in [3.63, 3.8) is 0 Å². The van der Waals surface area contributed by atoms with E-state index < -0.39 is 6.10 Å². The van der Waals surface area contributed by atoms with Gasteiger partial charge in [-0.2, -0.15) is 0 Å². The first-order valence-corrected chi connectivity index (χ1v) is 7.45. The average molecular weight is 281 g/mol. The highest BCUT2D eigenvalue weighted by atomic mass is 16.3. The van der Waals surface area contributed by atoms with Crippen molar-refractivity contribution >= 4 is 6.08 Å². The first-order chi connectivity index (χ1) is 10.3. The second-order valence-electron chi connectivity index (χ2n) is 5.20. The quantitative estimate of drug-likeness (QED) is 0.757. The van der Waals surface area contributed by atoms with Crippen LogP contribution in [-0.4, -0.2) is 17.7 Å². The lowest BCUT2D eigenvalue weighted by Gasteiger charge is -2.20. The number of hydrogen-bond acceptors (Lipinski definition) is 2. The molecule has 0 bridgehead atoms. The molecule has 0 fully saturated rings. The van der Waals surface area contributed by atoms with Gasteiger partial charge in [0.15, 0.2) is 0 Å². The smallest absolute Gasteiger partial charge is 0.0940 e. The van der Waals surface area contributed by atoms with Crippen LogP contribution in [0.2, 0.25) is 0 Å². The number of nitrogens with one attached hydrogen (secondary N) is 1. The predicted molar refractivity (Wildman–Crippen MR) is 89.0 cm³/mol. The summed E-state index contributed by atoms with van der Waals surface area (Å²) in [5.74, 6) is 0. The van der Waals surface area contributed by atoms with E-state index in [1.807, 2.05) is 55.5 Å². The molecule has 2 unspecified atom stereocenters. The Hall–Kier alpha value is -1.90. The minimum atomic E-state index is -0.468. The Morgan fingerprint density at radius 1 is 1.00 bits per heavy atom. The molecule has 0 spiro atoms. The highest BCUT2D eigenvalue weighted by Gasteiger charge is 2.14. The van der Waals surface area contributed by atoms with Crippen molar-refractivity contribution in [1.29, 1.82) is 0 Å². The molecule has 2 aromatic rings. The zero-order chi connectivity index (χ0) is 14.9. The van der Waals surface area contributed by atoms with Crippen molar-refractivity contribution < 1.29 is 5.11 Å². The van der Waals surface area contributed by atoms with E-state index in [0.29, 0.717) is 0 Å². The maximum atomic E-state index is 10.2. The lowest BCUT2D eigenvalue weighted by Crippen LogP contribution is -2.32. The van der Waals surface area contributed by atoms with E-state index in [-0.39, 0.29) is 6.04 Å². The van der Waals surface area contributed by atoms with Gasteiger partial charge < -0.3 is 10.4 Å². The molecule has 2 atom stereocenters. The zero-order valence-electron chi connectivity index (χ0n) is 12.4. The maximum absolute atomic E-state index is 10.2. The van der Waals surface area contributed by atoms with Gasteiger partial charge in [0.1, 0.15) is 0 Å². The van der Waals surface area contributed by atoms with Gasteiger partial charge in [0.25, 0.3) is 0 Å². The summed E-state index contributed by atoms with van der Waals surface area (Å²) in [5.41, 5.74) is 2.17. The van der Waals surface area contributed by atoms with Crippen LogP contribution >= 0.6 is 0 Å². The van der Waals surface area contributed by atoms with E-state index >= 15 is 0 Å². The molecule has 0 heterocycles. The fourth-order valence-electron chi connectivity index (χ4n) is 2.23. The SMILES string of the molecule is CC(NCCC=Cc1ccccc1)C(O)c1ccccc1. The fourth-order valence-corrected chi connectivity index (χ4v) is 2.23. The van der Waals surface area contributed by atoms with E-state index in [9.17, 15) is 5.11 Å². The Balaban J connectivity index is 1.72. The molecule has 0 saturated heterocycles. The van der Waals surface area contributed by atoms with Crippen molar-refractivity contribution in [2.45, 2.75) is 25.5 Å². The molecule has 0 aliphatic heterocycles. The van der Waals surface area contributed by atoms with Crippen molar-refractivity contribution in [1.82, 2.24) is 5.32 Å². The first kappa shape index (κ1) is 15.5. The second kappa shape index (κ2) is 8.40. The maximum Gasteiger partial charge on any atom is 0.0940 e. The van der Waals surface area contributed by atoms with Gasteiger partial charge in [0.05, 0.1) is 6.10 Å². The van der Waals surface area contributed by atoms with Gasteiger partial charge >= 0.3 is 0 Å². The second-order valence-corrected chi connectivity index (χ2v) is 5.20. The molecule has 110 valence electrons. The Bertz CT molecular complexity index is 536. The van der Waals surface area contributed by atoms with E-state index in [0.717, 1.165) is 18.5 Å². The topological polar surface area (TPSA) is 32.3 Å². The highest BCUT2D eigenvalue weighted by Crippen LogP contribution is 2.15. The summed E-state index contributed by atoms with van der Waals surface area (Å²) >= 11 is 0. The lowest BCUT2D eigenvalue weighted by atomic mass is 10.0. The average Bonchev–Trinajstić information content (AvgIpc) is 2.55. The number of hydrogen-bond donors (Lipinski definition) is 2. The molecule has 2 N–H and O–H groups in total. The third-order valence-corrected chi connectivity index (χ3v) is 3.50. The van der Waals surface area contributed by atoms with Crippen molar-refractivity contribution in [3.8, 4) is 0 Å². The van der Waals surface area contributed by atoms with Gasteiger partial charge in [0.2, 0.25) is 0 Å². The molecule has 2 nitrogen and oxygen atoms in total. The molecule has 0 aliphatic rings. The molecule has 0 saturated carbocycles.